The van der Waals surface area contributed by atoms with E-state index >= 15 is 0 Å². The minimum Gasteiger partial charge on any atom is -0.489 e. The number of ether oxygens (including phenoxy) is 1. The topological polar surface area (TPSA) is 59.5 Å². The molecule has 1 amide bonds. The van der Waals surface area contributed by atoms with Gasteiger partial charge in [-0.15, -0.1) is 0 Å². The molecular weight excluding hydrogens is 443 g/mol. The number of nitrogens with zero attached hydrogens (tertiary/aromatic N) is 2. The standard InChI is InChI=1S/C29H27FN2O3/c1-29(2)15-25-28(26(33)16-29)23(14-27(34)32(25)21-7-5-13-31-17-21)19-9-11-22(12-10-19)35-18-20-6-3-4-8-24(20)30/h3-13,17,23H,14-16,18H2,1-2H3. The van der Waals surface area contributed by atoms with Crippen molar-refractivity contribution in [2.75, 3.05) is 4.90 Å². The summed E-state index contributed by atoms with van der Waals surface area (Å²) >= 11 is 0. The Morgan fingerprint density at radius 3 is 2.51 bits per heavy atom. The molecule has 0 saturated heterocycles. The first-order valence-corrected chi connectivity index (χ1v) is 11.8. The maximum atomic E-state index is 13.9. The zero-order chi connectivity index (χ0) is 24.6. The van der Waals surface area contributed by atoms with Gasteiger partial charge in [0.25, 0.3) is 0 Å². The molecule has 0 saturated carbocycles. The zero-order valence-electron chi connectivity index (χ0n) is 19.8. The van der Waals surface area contributed by atoms with Gasteiger partial charge in [-0.25, -0.2) is 4.39 Å². The van der Waals surface area contributed by atoms with Crippen LogP contribution in [0.25, 0.3) is 0 Å². The van der Waals surface area contributed by atoms with Gasteiger partial charge in [-0.2, -0.15) is 0 Å². The molecule has 3 aromatic rings. The van der Waals surface area contributed by atoms with Gasteiger partial charge in [-0.05, 0) is 47.7 Å². The minimum atomic E-state index is -0.311. The second kappa shape index (κ2) is 9.10. The number of halogens is 1. The molecule has 2 heterocycles. The molecule has 1 aliphatic heterocycles. The smallest absolute Gasteiger partial charge is 0.232 e. The van der Waals surface area contributed by atoms with Gasteiger partial charge in [0, 0.05) is 41.8 Å². The first kappa shape index (κ1) is 23.0. The zero-order valence-corrected chi connectivity index (χ0v) is 19.8. The van der Waals surface area contributed by atoms with E-state index in [1.807, 2.05) is 30.3 Å². The Balaban J connectivity index is 1.46. The molecule has 0 radical (unpaired) electrons. The molecule has 0 N–H and O–H groups in total. The molecule has 1 aromatic heterocycles. The highest BCUT2D eigenvalue weighted by molar-refractivity contribution is 6.07. The van der Waals surface area contributed by atoms with Gasteiger partial charge in [-0.1, -0.05) is 44.2 Å². The highest BCUT2D eigenvalue weighted by Gasteiger charge is 2.44. The van der Waals surface area contributed by atoms with Crippen LogP contribution in [0.5, 0.6) is 5.75 Å². The van der Waals surface area contributed by atoms with Crippen LogP contribution >= 0.6 is 0 Å². The van der Waals surface area contributed by atoms with Crippen molar-refractivity contribution in [1.82, 2.24) is 4.98 Å². The summed E-state index contributed by atoms with van der Waals surface area (Å²) in [6.07, 6.45) is 4.62. The lowest BCUT2D eigenvalue weighted by Crippen LogP contribution is -2.43. The van der Waals surface area contributed by atoms with Crippen LogP contribution in [0.1, 0.15) is 50.2 Å². The lowest BCUT2D eigenvalue weighted by molar-refractivity contribution is -0.121. The van der Waals surface area contributed by atoms with Crippen LogP contribution in [0.4, 0.5) is 10.1 Å². The molecular formula is C29H27FN2O3. The van der Waals surface area contributed by atoms with Gasteiger partial charge in [0.2, 0.25) is 5.91 Å². The Morgan fingerprint density at radius 2 is 1.80 bits per heavy atom. The molecule has 5 nitrogen and oxygen atoms in total. The molecule has 1 aliphatic carbocycles. The van der Waals surface area contributed by atoms with E-state index in [-0.39, 0.29) is 41.9 Å². The largest absolute Gasteiger partial charge is 0.489 e. The van der Waals surface area contributed by atoms with E-state index in [9.17, 15) is 14.0 Å². The SMILES string of the molecule is CC1(C)CC(=O)C2=C(C1)N(c1cccnc1)C(=O)CC2c1ccc(OCc2ccccc2F)cc1. The van der Waals surface area contributed by atoms with E-state index in [2.05, 4.69) is 18.8 Å². The van der Waals surface area contributed by atoms with E-state index in [1.165, 1.54) is 6.07 Å². The van der Waals surface area contributed by atoms with Gasteiger partial charge in [0.15, 0.2) is 5.78 Å². The first-order valence-electron chi connectivity index (χ1n) is 11.8. The normalized spacial score (nSPS) is 19.5. The predicted molar refractivity (Wildman–Crippen MR) is 131 cm³/mol. The van der Waals surface area contributed by atoms with Gasteiger partial charge < -0.3 is 4.74 Å². The predicted octanol–water partition coefficient (Wildman–Crippen LogP) is 5.96. The van der Waals surface area contributed by atoms with Crippen LogP contribution in [0.2, 0.25) is 0 Å². The van der Waals surface area contributed by atoms with Crippen LogP contribution in [0, 0.1) is 11.2 Å². The molecule has 2 aromatic carbocycles. The maximum Gasteiger partial charge on any atom is 0.232 e. The summed E-state index contributed by atoms with van der Waals surface area (Å²) in [7, 11) is 0. The van der Waals surface area contributed by atoms with E-state index in [0.717, 1.165) is 11.3 Å². The summed E-state index contributed by atoms with van der Waals surface area (Å²) < 4.78 is 19.6. The molecule has 1 atom stereocenters. The summed E-state index contributed by atoms with van der Waals surface area (Å²) in [5.74, 6) is 0.0203. The van der Waals surface area contributed by atoms with E-state index in [4.69, 9.17) is 4.74 Å². The van der Waals surface area contributed by atoms with Crippen LogP contribution in [0.15, 0.2) is 84.3 Å². The third kappa shape index (κ3) is 4.61. The van der Waals surface area contributed by atoms with Crippen LogP contribution in [0.3, 0.4) is 0 Å². The number of carbonyl (C=O) groups is 2. The van der Waals surface area contributed by atoms with Crippen molar-refractivity contribution >= 4 is 17.4 Å². The fourth-order valence-electron chi connectivity index (χ4n) is 5.06. The van der Waals surface area contributed by atoms with Crippen molar-refractivity contribution in [2.45, 2.75) is 45.6 Å². The van der Waals surface area contributed by atoms with Crippen molar-refractivity contribution in [1.29, 1.82) is 0 Å². The number of amides is 1. The number of anilines is 1. The molecule has 35 heavy (non-hydrogen) atoms. The number of aromatic nitrogens is 1. The van der Waals surface area contributed by atoms with Crippen LogP contribution in [-0.4, -0.2) is 16.7 Å². The first-order chi connectivity index (χ1) is 16.8. The molecule has 5 rings (SSSR count). The Bertz CT molecular complexity index is 1300. The van der Waals surface area contributed by atoms with Gasteiger partial charge in [-0.3, -0.25) is 19.5 Å². The number of rotatable bonds is 5. The van der Waals surface area contributed by atoms with Crippen LogP contribution in [-0.2, 0) is 16.2 Å². The Hall–Kier alpha value is -3.80. The molecule has 0 fully saturated rings. The highest BCUT2D eigenvalue weighted by Crippen LogP contribution is 2.48. The van der Waals surface area contributed by atoms with Crippen LogP contribution < -0.4 is 9.64 Å². The molecule has 0 spiro atoms. The number of benzene rings is 2. The van der Waals surface area contributed by atoms with Crippen molar-refractivity contribution in [2.24, 2.45) is 5.41 Å². The van der Waals surface area contributed by atoms with Crippen molar-refractivity contribution in [3.63, 3.8) is 0 Å². The lowest BCUT2D eigenvalue weighted by atomic mass is 9.69. The fourth-order valence-corrected chi connectivity index (χ4v) is 5.06. The number of Topliss-reactive ketones (excluding diaryl/α,β-unsaturated/α-hetero) is 1. The second-order valence-corrected chi connectivity index (χ2v) is 9.95. The summed E-state index contributed by atoms with van der Waals surface area (Å²) in [4.78, 5) is 32.7. The molecule has 2 aliphatic rings. The average molecular weight is 471 g/mol. The summed E-state index contributed by atoms with van der Waals surface area (Å²) in [5, 5.41) is 0. The Kier molecular flexibility index (Phi) is 5.97. The number of hydrogen-bond donors (Lipinski definition) is 0. The Morgan fingerprint density at radius 1 is 1.03 bits per heavy atom. The minimum absolute atomic E-state index is 0.0490. The molecule has 178 valence electrons. The van der Waals surface area contributed by atoms with E-state index in [1.54, 1.807) is 41.6 Å². The molecule has 0 bridgehead atoms. The second-order valence-electron chi connectivity index (χ2n) is 9.95. The van der Waals surface area contributed by atoms with Crippen molar-refractivity contribution in [3.05, 3.63) is 101 Å². The molecule has 1 unspecified atom stereocenters. The summed E-state index contributed by atoms with van der Waals surface area (Å²) in [5.41, 5.74) is 3.32. The third-order valence-electron chi connectivity index (χ3n) is 6.68. The summed E-state index contributed by atoms with van der Waals surface area (Å²) in [6.45, 7) is 4.24. The Labute approximate surface area is 204 Å². The van der Waals surface area contributed by atoms with Crippen molar-refractivity contribution in [3.8, 4) is 5.75 Å². The van der Waals surface area contributed by atoms with Gasteiger partial charge in [0.05, 0.1) is 11.9 Å². The van der Waals surface area contributed by atoms with E-state index in [0.29, 0.717) is 35.4 Å². The van der Waals surface area contributed by atoms with Gasteiger partial charge >= 0.3 is 0 Å². The van der Waals surface area contributed by atoms with E-state index < -0.39 is 0 Å². The number of pyridine rings is 1. The number of carbonyl (C=O) groups excluding carboxylic acids is 2. The fraction of sp³-hybridized carbons (Fsp3) is 0.276. The average Bonchev–Trinajstić information content (AvgIpc) is 2.83. The summed E-state index contributed by atoms with van der Waals surface area (Å²) in [6, 6.07) is 17.6. The molecule has 6 heteroatoms. The number of allylic oxidation sites excluding steroid dienone is 2. The number of hydrogen-bond acceptors (Lipinski definition) is 4. The third-order valence-corrected chi connectivity index (χ3v) is 6.68. The van der Waals surface area contributed by atoms with Crippen molar-refractivity contribution < 1.29 is 18.7 Å². The monoisotopic (exact) mass is 470 g/mol. The van der Waals surface area contributed by atoms with Gasteiger partial charge in [0.1, 0.15) is 18.2 Å². The lowest BCUT2D eigenvalue weighted by Gasteiger charge is -2.42. The highest BCUT2D eigenvalue weighted by atomic mass is 19.1. The maximum absolute atomic E-state index is 13.9. The number of ketones is 1. The quantitative estimate of drug-likeness (QED) is 0.461.